The van der Waals surface area contributed by atoms with Crippen LogP contribution in [0.3, 0.4) is 0 Å². The summed E-state index contributed by atoms with van der Waals surface area (Å²) in [6, 6.07) is 8.64. The Morgan fingerprint density at radius 1 is 1.20 bits per heavy atom. The van der Waals surface area contributed by atoms with Crippen LogP contribution in [0.4, 0.5) is 0 Å². The van der Waals surface area contributed by atoms with Gasteiger partial charge in [-0.05, 0) is 18.9 Å². The van der Waals surface area contributed by atoms with Crippen LogP contribution in [-0.2, 0) is 6.42 Å². The summed E-state index contributed by atoms with van der Waals surface area (Å²) < 4.78 is 0. The van der Waals surface area contributed by atoms with Crippen molar-refractivity contribution in [2.75, 3.05) is 6.67 Å². The van der Waals surface area contributed by atoms with Gasteiger partial charge < -0.3 is 5.32 Å². The van der Waals surface area contributed by atoms with E-state index in [-0.39, 0.29) is 0 Å². The van der Waals surface area contributed by atoms with E-state index >= 15 is 0 Å². The third kappa shape index (κ3) is 2.91. The first-order chi connectivity index (χ1) is 7.34. The van der Waals surface area contributed by atoms with Gasteiger partial charge in [0.1, 0.15) is 12.5 Å². The highest BCUT2D eigenvalue weighted by atomic mass is 15.1. The van der Waals surface area contributed by atoms with Crippen LogP contribution in [0, 0.1) is 6.92 Å². The fourth-order valence-electron chi connectivity index (χ4n) is 1.50. The van der Waals surface area contributed by atoms with Crippen LogP contribution in [0.5, 0.6) is 0 Å². The maximum atomic E-state index is 4.27. The van der Waals surface area contributed by atoms with Crippen molar-refractivity contribution in [3.63, 3.8) is 0 Å². The number of amidine groups is 1. The van der Waals surface area contributed by atoms with Crippen molar-refractivity contribution < 1.29 is 0 Å². The average Bonchev–Trinajstić information content (AvgIpc) is 2.30. The van der Waals surface area contributed by atoms with E-state index in [1.165, 1.54) is 11.1 Å². The van der Waals surface area contributed by atoms with Crippen LogP contribution in [0.2, 0.25) is 0 Å². The largest absolute Gasteiger partial charge is 0.335 e. The molecule has 15 heavy (non-hydrogen) atoms. The molecular formula is C12H15N3. The maximum Gasteiger partial charge on any atom is 0.133 e. The number of hydrogen-bond acceptors (Lipinski definition) is 3. The number of benzene rings is 1. The minimum atomic E-state index is 0.566. The van der Waals surface area contributed by atoms with Gasteiger partial charge in [-0.1, -0.05) is 29.8 Å². The Hall–Kier alpha value is -1.64. The molecule has 0 bridgehead atoms. The summed E-state index contributed by atoms with van der Waals surface area (Å²) in [5.74, 6) is 1.03. The SMILES string of the molecule is Cc1ccc(CCC2=NCN=CN2)cc1. The maximum absolute atomic E-state index is 4.27. The molecule has 1 N–H and O–H groups in total. The first-order valence-electron chi connectivity index (χ1n) is 5.18. The fourth-order valence-corrected chi connectivity index (χ4v) is 1.50. The summed E-state index contributed by atoms with van der Waals surface area (Å²) in [6.45, 7) is 2.67. The molecule has 0 spiro atoms. The Balaban J connectivity index is 1.87. The summed E-state index contributed by atoms with van der Waals surface area (Å²) in [4.78, 5) is 8.24. The third-order valence-electron chi connectivity index (χ3n) is 2.44. The molecule has 0 aromatic heterocycles. The molecule has 0 fully saturated rings. The van der Waals surface area contributed by atoms with Gasteiger partial charge in [0.25, 0.3) is 0 Å². The summed E-state index contributed by atoms with van der Waals surface area (Å²) in [6.07, 6.45) is 3.70. The number of aryl methyl sites for hydroxylation is 2. The highest BCUT2D eigenvalue weighted by Gasteiger charge is 2.01. The van der Waals surface area contributed by atoms with Crippen LogP contribution in [0.25, 0.3) is 0 Å². The van der Waals surface area contributed by atoms with Gasteiger partial charge in [0.05, 0.1) is 6.34 Å². The molecule has 3 nitrogen and oxygen atoms in total. The molecule has 2 rings (SSSR count). The van der Waals surface area contributed by atoms with Crippen molar-refractivity contribution in [3.05, 3.63) is 35.4 Å². The van der Waals surface area contributed by atoms with Gasteiger partial charge in [0.15, 0.2) is 0 Å². The predicted octanol–water partition coefficient (Wildman–Crippen LogP) is 1.92. The number of hydrogen-bond donors (Lipinski definition) is 1. The summed E-state index contributed by atoms with van der Waals surface area (Å²) in [7, 11) is 0. The first-order valence-corrected chi connectivity index (χ1v) is 5.18. The average molecular weight is 201 g/mol. The number of rotatable bonds is 3. The quantitative estimate of drug-likeness (QED) is 0.797. The first kappa shape index (κ1) is 9.90. The normalized spacial score (nSPS) is 14.6. The Labute approximate surface area is 90.0 Å². The smallest absolute Gasteiger partial charge is 0.133 e. The molecule has 78 valence electrons. The Morgan fingerprint density at radius 3 is 2.67 bits per heavy atom. The molecule has 0 amide bonds. The molecular weight excluding hydrogens is 186 g/mol. The Morgan fingerprint density at radius 2 is 2.00 bits per heavy atom. The summed E-state index contributed by atoms with van der Waals surface area (Å²) in [5.41, 5.74) is 2.66. The zero-order valence-electron chi connectivity index (χ0n) is 8.90. The standard InChI is InChI=1S/C12H15N3/c1-10-2-4-11(5-3-10)6-7-12-14-8-13-9-15-12/h2-5,8H,6-7,9H2,1H3,(H,13,14,15). The molecule has 1 heterocycles. The lowest BCUT2D eigenvalue weighted by Gasteiger charge is -2.08. The molecule has 0 aliphatic carbocycles. The molecule has 0 atom stereocenters. The molecule has 1 aliphatic heterocycles. The molecule has 0 radical (unpaired) electrons. The number of nitrogens with one attached hydrogen (secondary N) is 1. The van der Waals surface area contributed by atoms with E-state index in [0.717, 1.165) is 18.7 Å². The van der Waals surface area contributed by atoms with Gasteiger partial charge in [0, 0.05) is 6.42 Å². The van der Waals surface area contributed by atoms with Crippen molar-refractivity contribution in [2.24, 2.45) is 9.98 Å². The van der Waals surface area contributed by atoms with E-state index < -0.39 is 0 Å². The van der Waals surface area contributed by atoms with Gasteiger partial charge in [0.2, 0.25) is 0 Å². The van der Waals surface area contributed by atoms with Crippen LogP contribution in [0.1, 0.15) is 17.5 Å². The summed E-state index contributed by atoms with van der Waals surface area (Å²) in [5, 5.41) is 3.06. The fraction of sp³-hybridized carbons (Fsp3) is 0.333. The van der Waals surface area contributed by atoms with Gasteiger partial charge >= 0.3 is 0 Å². The van der Waals surface area contributed by atoms with E-state index in [1.807, 2.05) is 0 Å². The Kier molecular flexibility index (Phi) is 3.12. The van der Waals surface area contributed by atoms with Crippen molar-refractivity contribution >= 4 is 12.2 Å². The van der Waals surface area contributed by atoms with E-state index in [0.29, 0.717) is 6.67 Å². The van der Waals surface area contributed by atoms with E-state index in [2.05, 4.69) is 46.5 Å². The topological polar surface area (TPSA) is 36.8 Å². The van der Waals surface area contributed by atoms with Crippen molar-refractivity contribution in [1.82, 2.24) is 5.32 Å². The number of nitrogens with zero attached hydrogens (tertiary/aromatic N) is 2. The van der Waals surface area contributed by atoms with Crippen LogP contribution in [0.15, 0.2) is 34.3 Å². The van der Waals surface area contributed by atoms with E-state index in [9.17, 15) is 0 Å². The number of aliphatic imine (C=N–C) groups is 2. The van der Waals surface area contributed by atoms with Gasteiger partial charge in [-0.25, -0.2) is 4.99 Å². The zero-order valence-corrected chi connectivity index (χ0v) is 8.90. The van der Waals surface area contributed by atoms with Crippen molar-refractivity contribution in [1.29, 1.82) is 0 Å². The van der Waals surface area contributed by atoms with Gasteiger partial charge in [-0.2, -0.15) is 0 Å². The molecule has 0 saturated carbocycles. The van der Waals surface area contributed by atoms with Gasteiger partial charge in [-0.3, -0.25) is 4.99 Å². The lowest BCUT2D eigenvalue weighted by Crippen LogP contribution is -2.25. The van der Waals surface area contributed by atoms with Crippen LogP contribution >= 0.6 is 0 Å². The monoisotopic (exact) mass is 201 g/mol. The van der Waals surface area contributed by atoms with Crippen molar-refractivity contribution in [3.8, 4) is 0 Å². The van der Waals surface area contributed by atoms with Crippen LogP contribution in [-0.4, -0.2) is 18.8 Å². The highest BCUT2D eigenvalue weighted by molar-refractivity contribution is 5.92. The predicted molar refractivity (Wildman–Crippen MR) is 63.4 cm³/mol. The molecule has 1 aromatic carbocycles. The minimum absolute atomic E-state index is 0.566. The highest BCUT2D eigenvalue weighted by Crippen LogP contribution is 2.06. The zero-order chi connectivity index (χ0) is 10.5. The third-order valence-corrected chi connectivity index (χ3v) is 2.44. The second-order valence-corrected chi connectivity index (χ2v) is 3.69. The Bertz CT molecular complexity index is 376. The van der Waals surface area contributed by atoms with Crippen molar-refractivity contribution in [2.45, 2.75) is 19.8 Å². The van der Waals surface area contributed by atoms with E-state index in [4.69, 9.17) is 0 Å². The molecule has 0 unspecified atom stereocenters. The molecule has 0 saturated heterocycles. The summed E-state index contributed by atoms with van der Waals surface area (Å²) >= 11 is 0. The second-order valence-electron chi connectivity index (χ2n) is 3.69. The van der Waals surface area contributed by atoms with Crippen LogP contribution < -0.4 is 5.32 Å². The lowest BCUT2D eigenvalue weighted by atomic mass is 10.1. The van der Waals surface area contributed by atoms with Gasteiger partial charge in [-0.15, -0.1) is 0 Å². The van der Waals surface area contributed by atoms with E-state index in [1.54, 1.807) is 6.34 Å². The lowest BCUT2D eigenvalue weighted by molar-refractivity contribution is 0.944. The molecule has 1 aliphatic rings. The molecule has 3 heteroatoms. The second kappa shape index (κ2) is 4.73. The molecule has 1 aromatic rings. The minimum Gasteiger partial charge on any atom is -0.335 e.